The van der Waals surface area contributed by atoms with Crippen LogP contribution in [-0.4, -0.2) is 24.3 Å². The summed E-state index contributed by atoms with van der Waals surface area (Å²) < 4.78 is 4.58. The number of hydrogen-bond acceptors (Lipinski definition) is 2. The van der Waals surface area contributed by atoms with Gasteiger partial charge < -0.3 is 4.74 Å². The molecule has 0 rings (SSSR count). The van der Waals surface area contributed by atoms with Gasteiger partial charge in [-0.3, -0.25) is 4.79 Å². The highest BCUT2D eigenvalue weighted by molar-refractivity contribution is 9.10. The van der Waals surface area contributed by atoms with Crippen LogP contribution < -0.4 is 0 Å². The van der Waals surface area contributed by atoms with Crippen molar-refractivity contribution in [2.24, 2.45) is 0 Å². The normalized spacial score (nSPS) is 12.6. The van der Waals surface area contributed by atoms with Crippen molar-refractivity contribution < 1.29 is 9.53 Å². The van der Waals surface area contributed by atoms with E-state index in [-0.39, 0.29) is 5.97 Å². The van der Waals surface area contributed by atoms with E-state index in [2.05, 4.69) is 29.0 Å². The fraction of sp³-hybridized carbons (Fsp3) is 0.917. The minimum atomic E-state index is -1.39. The summed E-state index contributed by atoms with van der Waals surface area (Å²) in [7, 11) is -1.39. The minimum Gasteiger partial charge on any atom is -0.465 e. The van der Waals surface area contributed by atoms with Gasteiger partial charge in [0, 0.05) is 0 Å². The standard InChI is InChI=1S/C12H24BrClO2Si/c1-12(2,13)11(15)16-9-7-5-6-8-10-17(3,4)14/h5-10H2,1-4H3. The quantitative estimate of drug-likeness (QED) is 0.210. The molecule has 0 amide bonds. The monoisotopic (exact) mass is 342 g/mol. The van der Waals surface area contributed by atoms with Crippen LogP contribution in [0.25, 0.3) is 0 Å². The van der Waals surface area contributed by atoms with Crippen LogP contribution in [0, 0.1) is 0 Å². The predicted octanol–water partition coefficient (Wildman–Crippen LogP) is 4.71. The lowest BCUT2D eigenvalue weighted by molar-refractivity contribution is -0.145. The van der Waals surface area contributed by atoms with Crippen LogP contribution in [-0.2, 0) is 9.53 Å². The molecular formula is C12H24BrClO2Si. The lowest BCUT2D eigenvalue weighted by atomic mass is 10.2. The highest BCUT2D eigenvalue weighted by Crippen LogP contribution is 2.19. The van der Waals surface area contributed by atoms with Crippen molar-refractivity contribution >= 4 is 40.4 Å². The van der Waals surface area contributed by atoms with Crippen LogP contribution in [0.5, 0.6) is 0 Å². The number of halogens is 2. The topological polar surface area (TPSA) is 26.3 Å². The second kappa shape index (κ2) is 7.80. The summed E-state index contributed by atoms with van der Waals surface area (Å²) in [6.45, 7) is 8.46. The molecule has 0 saturated heterocycles. The van der Waals surface area contributed by atoms with E-state index in [0.717, 1.165) is 12.8 Å². The van der Waals surface area contributed by atoms with Gasteiger partial charge in [-0.15, -0.1) is 0 Å². The molecule has 0 spiro atoms. The average molecular weight is 344 g/mol. The summed E-state index contributed by atoms with van der Waals surface area (Å²) >= 11 is 9.50. The zero-order chi connectivity index (χ0) is 13.5. The highest BCUT2D eigenvalue weighted by Gasteiger charge is 2.25. The molecule has 102 valence electrons. The molecule has 0 heterocycles. The number of esters is 1. The molecule has 0 aromatic heterocycles. The molecule has 0 saturated carbocycles. The van der Waals surface area contributed by atoms with Gasteiger partial charge in [0.1, 0.15) is 11.7 Å². The number of hydrogen-bond donors (Lipinski definition) is 0. The molecule has 0 N–H and O–H groups in total. The largest absolute Gasteiger partial charge is 0.465 e. The Labute approximate surface area is 119 Å². The third kappa shape index (κ3) is 11.3. The fourth-order valence-corrected chi connectivity index (χ4v) is 2.94. The molecule has 0 bridgehead atoms. The zero-order valence-corrected chi connectivity index (χ0v) is 14.7. The van der Waals surface area contributed by atoms with Crippen molar-refractivity contribution in [1.82, 2.24) is 0 Å². The highest BCUT2D eigenvalue weighted by atomic mass is 79.9. The van der Waals surface area contributed by atoms with E-state index in [9.17, 15) is 4.79 Å². The zero-order valence-electron chi connectivity index (χ0n) is 11.3. The number of rotatable bonds is 8. The Morgan fingerprint density at radius 3 is 2.24 bits per heavy atom. The van der Waals surface area contributed by atoms with E-state index in [0.29, 0.717) is 6.61 Å². The first-order valence-electron chi connectivity index (χ1n) is 6.18. The van der Waals surface area contributed by atoms with Crippen molar-refractivity contribution in [3.8, 4) is 0 Å². The van der Waals surface area contributed by atoms with Crippen molar-refractivity contribution in [3.63, 3.8) is 0 Å². The second-order valence-electron chi connectivity index (χ2n) is 5.49. The lowest BCUT2D eigenvalue weighted by Crippen LogP contribution is -2.26. The van der Waals surface area contributed by atoms with Crippen LogP contribution >= 0.6 is 27.0 Å². The first-order valence-corrected chi connectivity index (χ1v) is 11.2. The Morgan fingerprint density at radius 2 is 1.76 bits per heavy atom. The van der Waals surface area contributed by atoms with Crippen molar-refractivity contribution in [2.75, 3.05) is 6.61 Å². The van der Waals surface area contributed by atoms with Crippen LogP contribution in [0.2, 0.25) is 19.1 Å². The summed E-state index contributed by atoms with van der Waals surface area (Å²) in [5, 5.41) is 0. The van der Waals surface area contributed by atoms with E-state index in [1.54, 1.807) is 13.8 Å². The molecule has 17 heavy (non-hydrogen) atoms. The number of alkyl halides is 1. The van der Waals surface area contributed by atoms with Gasteiger partial charge in [0.2, 0.25) is 0 Å². The Hall–Kier alpha value is 0.457. The number of carbonyl (C=O) groups is 1. The third-order valence-corrected chi connectivity index (χ3v) is 4.82. The van der Waals surface area contributed by atoms with E-state index in [1.807, 2.05) is 0 Å². The molecule has 0 fully saturated rings. The molecule has 0 radical (unpaired) electrons. The molecular weight excluding hydrogens is 320 g/mol. The molecule has 2 nitrogen and oxygen atoms in total. The molecule has 0 unspecified atom stereocenters. The SMILES string of the molecule is CC(C)(Br)C(=O)OCCCCCC[Si](C)(C)Cl. The molecule has 0 atom stereocenters. The van der Waals surface area contributed by atoms with E-state index in [4.69, 9.17) is 15.8 Å². The Morgan fingerprint density at radius 1 is 1.24 bits per heavy atom. The number of carbonyl (C=O) groups excluding carboxylic acids is 1. The molecule has 0 aromatic rings. The van der Waals surface area contributed by atoms with E-state index < -0.39 is 11.7 Å². The molecule has 0 aromatic carbocycles. The van der Waals surface area contributed by atoms with Gasteiger partial charge in [0.25, 0.3) is 0 Å². The molecule has 5 heteroatoms. The van der Waals surface area contributed by atoms with Crippen LogP contribution in [0.15, 0.2) is 0 Å². The van der Waals surface area contributed by atoms with Gasteiger partial charge in [-0.25, -0.2) is 0 Å². The van der Waals surface area contributed by atoms with E-state index >= 15 is 0 Å². The van der Waals surface area contributed by atoms with Crippen molar-refractivity contribution in [1.29, 1.82) is 0 Å². The van der Waals surface area contributed by atoms with Gasteiger partial charge in [-0.05, 0) is 26.3 Å². The lowest BCUT2D eigenvalue weighted by Gasteiger charge is -2.15. The summed E-state index contributed by atoms with van der Waals surface area (Å²) in [6, 6.07) is 1.17. The maximum Gasteiger partial charge on any atom is 0.322 e. The summed E-state index contributed by atoms with van der Waals surface area (Å²) in [5.41, 5.74) is 0. The van der Waals surface area contributed by atoms with Gasteiger partial charge in [0.15, 0.2) is 0 Å². The molecule has 0 aliphatic heterocycles. The molecule has 0 aliphatic carbocycles. The second-order valence-corrected chi connectivity index (χ2v) is 14.5. The maximum absolute atomic E-state index is 11.4. The minimum absolute atomic E-state index is 0.188. The van der Waals surface area contributed by atoms with Crippen LogP contribution in [0.1, 0.15) is 39.5 Å². The van der Waals surface area contributed by atoms with E-state index in [1.165, 1.54) is 18.9 Å². The Balaban J connectivity index is 3.39. The summed E-state index contributed by atoms with van der Waals surface area (Å²) in [6.07, 6.45) is 4.43. The van der Waals surface area contributed by atoms with Gasteiger partial charge in [0.05, 0.1) is 6.61 Å². The summed E-state index contributed by atoms with van der Waals surface area (Å²) in [4.78, 5) is 11.4. The predicted molar refractivity (Wildman–Crippen MR) is 80.6 cm³/mol. The van der Waals surface area contributed by atoms with Crippen molar-refractivity contribution in [2.45, 2.75) is 63.0 Å². The van der Waals surface area contributed by atoms with Gasteiger partial charge in [-0.1, -0.05) is 48.3 Å². The van der Waals surface area contributed by atoms with Crippen molar-refractivity contribution in [3.05, 3.63) is 0 Å². The third-order valence-electron chi connectivity index (χ3n) is 2.38. The smallest absolute Gasteiger partial charge is 0.322 e. The van der Waals surface area contributed by atoms with Crippen LogP contribution in [0.3, 0.4) is 0 Å². The first kappa shape index (κ1) is 17.5. The number of unbranched alkanes of at least 4 members (excludes halogenated alkanes) is 3. The molecule has 0 aliphatic rings. The maximum atomic E-state index is 11.4. The fourth-order valence-electron chi connectivity index (χ4n) is 1.34. The van der Waals surface area contributed by atoms with Gasteiger partial charge in [-0.2, -0.15) is 11.1 Å². The Kier molecular flexibility index (Phi) is 8.01. The average Bonchev–Trinajstić information content (AvgIpc) is 2.12. The number of ether oxygens (including phenoxy) is 1. The van der Waals surface area contributed by atoms with Gasteiger partial charge >= 0.3 is 5.97 Å². The van der Waals surface area contributed by atoms with Crippen LogP contribution in [0.4, 0.5) is 0 Å². The first-order chi connectivity index (χ1) is 7.63. The Bertz CT molecular complexity index is 234. The summed E-state index contributed by atoms with van der Waals surface area (Å²) in [5.74, 6) is -0.188.